The Balaban J connectivity index is 1.97. The fraction of sp³-hybridized carbons (Fsp3) is 0.400. The fourth-order valence-electron chi connectivity index (χ4n) is 1.67. The van der Waals surface area contributed by atoms with Gasteiger partial charge in [0.05, 0.1) is 5.56 Å². The molecule has 0 radical (unpaired) electrons. The molecule has 1 aliphatic rings. The van der Waals surface area contributed by atoms with Crippen molar-refractivity contribution >= 4 is 11.8 Å². The summed E-state index contributed by atoms with van der Waals surface area (Å²) in [6, 6.07) is 1.22. The maximum absolute atomic E-state index is 12.1. The normalized spacial score (nSPS) is 14.6. The van der Waals surface area contributed by atoms with E-state index in [1.165, 1.54) is 12.4 Å². The third kappa shape index (κ3) is 4.58. The van der Waals surface area contributed by atoms with Crippen molar-refractivity contribution in [2.45, 2.75) is 31.8 Å². The molecule has 6 heteroatoms. The molecule has 6 nitrogen and oxygen atoms in total. The topological polar surface area (TPSA) is 91.3 Å². The zero-order valence-corrected chi connectivity index (χ0v) is 11.7. The fourth-order valence-corrected chi connectivity index (χ4v) is 1.67. The highest BCUT2D eigenvalue weighted by molar-refractivity contribution is 5.97. The van der Waals surface area contributed by atoms with Crippen molar-refractivity contribution in [1.82, 2.24) is 15.6 Å². The second-order valence-electron chi connectivity index (χ2n) is 4.90. The number of aromatic nitrogens is 1. The molecule has 0 aliphatic heterocycles. The number of hydrogen-bond donors (Lipinski definition) is 3. The average molecular weight is 287 g/mol. The Labute approximate surface area is 123 Å². The van der Waals surface area contributed by atoms with Crippen LogP contribution in [0.3, 0.4) is 0 Å². The molecular formula is C15H17N3O3. The molecule has 0 aromatic carbocycles. The molecule has 1 atom stereocenters. The van der Waals surface area contributed by atoms with Gasteiger partial charge in [-0.15, -0.1) is 0 Å². The number of nitrogens with zero attached hydrogens (tertiary/aromatic N) is 1. The molecule has 0 spiro atoms. The van der Waals surface area contributed by atoms with Crippen LogP contribution in [0.5, 0.6) is 0 Å². The van der Waals surface area contributed by atoms with Gasteiger partial charge < -0.3 is 15.7 Å². The summed E-state index contributed by atoms with van der Waals surface area (Å²) in [5.74, 6) is 4.60. The standard InChI is InChI=1S/C15H17N3O3/c1-10(14(20)18-13-4-5-13)17-15(21)12-7-11(3-2-6-19)8-16-9-12/h7-10,13,19H,4-6H2,1H3,(H,17,21)(H,18,20). The van der Waals surface area contributed by atoms with E-state index < -0.39 is 6.04 Å². The molecule has 1 fully saturated rings. The van der Waals surface area contributed by atoms with Gasteiger partial charge in [0.15, 0.2) is 0 Å². The predicted molar refractivity (Wildman–Crippen MR) is 76.3 cm³/mol. The summed E-state index contributed by atoms with van der Waals surface area (Å²) in [7, 11) is 0. The van der Waals surface area contributed by atoms with Crippen LogP contribution in [0.15, 0.2) is 18.5 Å². The highest BCUT2D eigenvalue weighted by Gasteiger charge is 2.26. The van der Waals surface area contributed by atoms with Gasteiger partial charge in [0, 0.05) is 24.0 Å². The number of rotatable bonds is 4. The lowest BCUT2D eigenvalue weighted by atomic mass is 10.2. The second-order valence-corrected chi connectivity index (χ2v) is 4.90. The molecule has 0 bridgehead atoms. The summed E-state index contributed by atoms with van der Waals surface area (Å²) in [6.07, 6.45) is 4.91. The van der Waals surface area contributed by atoms with E-state index in [-0.39, 0.29) is 24.5 Å². The Kier molecular flexibility index (Phi) is 4.90. The van der Waals surface area contributed by atoms with Crippen molar-refractivity contribution in [2.75, 3.05) is 6.61 Å². The quantitative estimate of drug-likeness (QED) is 0.670. The summed E-state index contributed by atoms with van der Waals surface area (Å²) in [5.41, 5.74) is 0.859. The Morgan fingerprint density at radius 3 is 2.90 bits per heavy atom. The summed E-state index contributed by atoms with van der Waals surface area (Å²) in [6.45, 7) is 1.38. The van der Waals surface area contributed by atoms with Crippen molar-refractivity contribution in [3.05, 3.63) is 29.6 Å². The first-order valence-electron chi connectivity index (χ1n) is 6.76. The molecule has 1 unspecified atom stereocenters. The minimum atomic E-state index is -0.606. The van der Waals surface area contributed by atoms with Crippen LogP contribution in [0.1, 0.15) is 35.7 Å². The Morgan fingerprint density at radius 2 is 2.24 bits per heavy atom. The molecule has 3 N–H and O–H groups in total. The molecule has 1 saturated carbocycles. The van der Waals surface area contributed by atoms with Crippen molar-refractivity contribution in [3.63, 3.8) is 0 Å². The lowest BCUT2D eigenvalue weighted by Crippen LogP contribution is -2.45. The molecule has 21 heavy (non-hydrogen) atoms. The number of carbonyl (C=O) groups is 2. The summed E-state index contributed by atoms with van der Waals surface area (Å²) >= 11 is 0. The van der Waals surface area contributed by atoms with E-state index in [4.69, 9.17) is 5.11 Å². The third-order valence-corrected chi connectivity index (χ3v) is 2.98. The molecule has 1 aliphatic carbocycles. The van der Waals surface area contributed by atoms with Gasteiger partial charge >= 0.3 is 0 Å². The largest absolute Gasteiger partial charge is 0.384 e. The molecule has 1 aromatic rings. The van der Waals surface area contributed by atoms with Crippen LogP contribution < -0.4 is 10.6 Å². The second kappa shape index (κ2) is 6.86. The number of pyridine rings is 1. The lowest BCUT2D eigenvalue weighted by Gasteiger charge is -2.13. The molecule has 1 aromatic heterocycles. The van der Waals surface area contributed by atoms with Crippen LogP contribution in [0, 0.1) is 11.8 Å². The van der Waals surface area contributed by atoms with Gasteiger partial charge in [-0.25, -0.2) is 0 Å². The summed E-state index contributed by atoms with van der Waals surface area (Å²) in [5, 5.41) is 14.1. The van der Waals surface area contributed by atoms with Crippen molar-refractivity contribution in [3.8, 4) is 11.8 Å². The molecular weight excluding hydrogens is 270 g/mol. The van der Waals surface area contributed by atoms with E-state index in [9.17, 15) is 9.59 Å². The summed E-state index contributed by atoms with van der Waals surface area (Å²) < 4.78 is 0. The Bertz CT molecular complexity index is 600. The molecule has 110 valence electrons. The zero-order chi connectivity index (χ0) is 15.2. The number of aliphatic hydroxyl groups excluding tert-OH is 1. The molecule has 2 rings (SSSR count). The molecule has 1 heterocycles. The van der Waals surface area contributed by atoms with Crippen LogP contribution in [0.4, 0.5) is 0 Å². The van der Waals surface area contributed by atoms with Gasteiger partial charge in [-0.1, -0.05) is 11.8 Å². The number of aliphatic hydroxyl groups is 1. The van der Waals surface area contributed by atoms with E-state index in [1.807, 2.05) is 0 Å². The van der Waals surface area contributed by atoms with E-state index >= 15 is 0 Å². The van der Waals surface area contributed by atoms with E-state index in [2.05, 4.69) is 27.5 Å². The van der Waals surface area contributed by atoms with Gasteiger partial charge in [0.1, 0.15) is 12.6 Å². The van der Waals surface area contributed by atoms with Gasteiger partial charge in [0.2, 0.25) is 5.91 Å². The highest BCUT2D eigenvalue weighted by Crippen LogP contribution is 2.18. The molecule has 2 amide bonds. The smallest absolute Gasteiger partial charge is 0.253 e. The minimum absolute atomic E-state index is 0.185. The van der Waals surface area contributed by atoms with E-state index in [0.29, 0.717) is 11.1 Å². The van der Waals surface area contributed by atoms with E-state index in [0.717, 1.165) is 12.8 Å². The first-order valence-corrected chi connectivity index (χ1v) is 6.76. The predicted octanol–water partition coefficient (Wildman–Crippen LogP) is -0.178. The average Bonchev–Trinajstić information content (AvgIpc) is 3.29. The van der Waals surface area contributed by atoms with Crippen LogP contribution in [-0.2, 0) is 4.79 Å². The third-order valence-electron chi connectivity index (χ3n) is 2.98. The van der Waals surface area contributed by atoms with Gasteiger partial charge in [-0.05, 0) is 25.8 Å². The van der Waals surface area contributed by atoms with Gasteiger partial charge in [-0.3, -0.25) is 14.6 Å². The lowest BCUT2D eigenvalue weighted by molar-refractivity contribution is -0.122. The Morgan fingerprint density at radius 1 is 1.48 bits per heavy atom. The number of carbonyl (C=O) groups excluding carboxylic acids is 2. The maximum atomic E-state index is 12.1. The molecule has 0 saturated heterocycles. The summed E-state index contributed by atoms with van der Waals surface area (Å²) in [4.78, 5) is 27.8. The number of amides is 2. The van der Waals surface area contributed by atoms with Crippen molar-refractivity contribution in [2.24, 2.45) is 0 Å². The first kappa shape index (κ1) is 15.0. The SMILES string of the molecule is CC(NC(=O)c1cncc(C#CCO)c1)C(=O)NC1CC1. The van der Waals surface area contributed by atoms with Gasteiger partial charge in [-0.2, -0.15) is 0 Å². The maximum Gasteiger partial charge on any atom is 0.253 e. The number of nitrogens with one attached hydrogen (secondary N) is 2. The van der Waals surface area contributed by atoms with E-state index in [1.54, 1.807) is 13.0 Å². The highest BCUT2D eigenvalue weighted by atomic mass is 16.2. The zero-order valence-electron chi connectivity index (χ0n) is 11.7. The Hall–Kier alpha value is -2.39. The number of hydrogen-bond acceptors (Lipinski definition) is 4. The van der Waals surface area contributed by atoms with Crippen LogP contribution >= 0.6 is 0 Å². The van der Waals surface area contributed by atoms with Gasteiger partial charge in [0.25, 0.3) is 5.91 Å². The first-order chi connectivity index (χ1) is 10.1. The van der Waals surface area contributed by atoms with Crippen LogP contribution in [0.2, 0.25) is 0 Å². The van der Waals surface area contributed by atoms with Crippen LogP contribution in [0.25, 0.3) is 0 Å². The van der Waals surface area contributed by atoms with Crippen molar-refractivity contribution < 1.29 is 14.7 Å². The van der Waals surface area contributed by atoms with Crippen LogP contribution in [-0.4, -0.2) is 40.6 Å². The monoisotopic (exact) mass is 287 g/mol. The minimum Gasteiger partial charge on any atom is -0.384 e. The van der Waals surface area contributed by atoms with Crippen molar-refractivity contribution in [1.29, 1.82) is 0 Å².